The number of amides is 1. The molecule has 0 aromatic heterocycles. The van der Waals surface area contributed by atoms with Crippen LogP contribution >= 0.6 is 11.6 Å². The molecule has 160 valence electrons. The monoisotopic (exact) mass is 426 g/mol. The molecule has 2 fully saturated rings. The SMILES string of the molecule is O=C(Nc1ccc(OCCCN2CCCC2)cc1)C1(c2ccccc2Cl)CCCC1. The maximum absolute atomic E-state index is 13.3. The van der Waals surface area contributed by atoms with Crippen molar-refractivity contribution in [3.8, 4) is 5.75 Å². The molecule has 30 heavy (non-hydrogen) atoms. The molecule has 1 N–H and O–H groups in total. The molecular formula is C25H31ClN2O2. The van der Waals surface area contributed by atoms with E-state index in [0.717, 1.165) is 62.3 Å². The van der Waals surface area contributed by atoms with E-state index >= 15 is 0 Å². The van der Waals surface area contributed by atoms with Crippen molar-refractivity contribution in [3.05, 3.63) is 59.1 Å². The lowest BCUT2D eigenvalue weighted by molar-refractivity contribution is -0.121. The largest absolute Gasteiger partial charge is 0.494 e. The summed E-state index contributed by atoms with van der Waals surface area (Å²) < 4.78 is 5.87. The Bertz CT molecular complexity index is 840. The van der Waals surface area contributed by atoms with E-state index in [9.17, 15) is 4.79 Å². The summed E-state index contributed by atoms with van der Waals surface area (Å²) in [5.41, 5.74) is 1.20. The number of hydrogen-bond acceptors (Lipinski definition) is 3. The number of benzene rings is 2. The third kappa shape index (κ3) is 4.81. The quantitative estimate of drug-likeness (QED) is 0.554. The van der Waals surface area contributed by atoms with E-state index in [1.54, 1.807) is 0 Å². The fourth-order valence-electron chi connectivity index (χ4n) is 4.82. The normalized spacial score (nSPS) is 18.4. The summed E-state index contributed by atoms with van der Waals surface area (Å²) in [6, 6.07) is 15.4. The second-order valence-electron chi connectivity index (χ2n) is 8.50. The fourth-order valence-corrected chi connectivity index (χ4v) is 5.13. The van der Waals surface area contributed by atoms with Crippen LogP contribution in [0.4, 0.5) is 5.69 Å². The highest BCUT2D eigenvalue weighted by atomic mass is 35.5. The fraction of sp³-hybridized carbons (Fsp3) is 0.480. The molecule has 0 radical (unpaired) electrons. The number of rotatable bonds is 8. The maximum atomic E-state index is 13.3. The van der Waals surface area contributed by atoms with Gasteiger partial charge in [0.25, 0.3) is 0 Å². The van der Waals surface area contributed by atoms with Crippen molar-refractivity contribution in [1.82, 2.24) is 4.90 Å². The molecule has 0 spiro atoms. The topological polar surface area (TPSA) is 41.6 Å². The molecule has 0 unspecified atom stereocenters. The van der Waals surface area contributed by atoms with Gasteiger partial charge in [-0.2, -0.15) is 0 Å². The minimum Gasteiger partial charge on any atom is -0.494 e. The number of ether oxygens (including phenoxy) is 1. The summed E-state index contributed by atoms with van der Waals surface area (Å²) in [5, 5.41) is 3.80. The number of halogens is 1. The van der Waals surface area contributed by atoms with Crippen LogP contribution in [0.15, 0.2) is 48.5 Å². The number of carbonyl (C=O) groups is 1. The van der Waals surface area contributed by atoms with Gasteiger partial charge >= 0.3 is 0 Å². The van der Waals surface area contributed by atoms with Gasteiger partial charge in [-0.15, -0.1) is 0 Å². The van der Waals surface area contributed by atoms with Crippen LogP contribution in [0.2, 0.25) is 5.02 Å². The standard InChI is InChI=1S/C25H31ClN2O2/c26-23-9-2-1-8-22(23)25(14-3-4-15-25)24(29)27-20-10-12-21(13-11-20)30-19-7-18-28-16-5-6-17-28/h1-2,8-13H,3-7,14-19H2,(H,27,29). The second-order valence-corrected chi connectivity index (χ2v) is 8.91. The molecule has 2 aromatic rings. The predicted octanol–water partition coefficient (Wildman–Crippen LogP) is 5.66. The highest BCUT2D eigenvalue weighted by Crippen LogP contribution is 2.44. The van der Waals surface area contributed by atoms with Crippen LogP contribution in [0.3, 0.4) is 0 Å². The smallest absolute Gasteiger partial charge is 0.235 e. The first-order valence-corrected chi connectivity index (χ1v) is 11.6. The first kappa shape index (κ1) is 21.2. The van der Waals surface area contributed by atoms with Crippen LogP contribution in [0, 0.1) is 0 Å². The summed E-state index contributed by atoms with van der Waals surface area (Å²) >= 11 is 6.46. The molecule has 0 atom stereocenters. The van der Waals surface area contributed by atoms with Gasteiger partial charge in [-0.1, -0.05) is 42.6 Å². The first-order chi connectivity index (χ1) is 14.7. The summed E-state index contributed by atoms with van der Waals surface area (Å²) in [7, 11) is 0. The van der Waals surface area contributed by atoms with E-state index in [4.69, 9.17) is 16.3 Å². The highest BCUT2D eigenvalue weighted by Gasteiger charge is 2.43. The van der Waals surface area contributed by atoms with E-state index in [1.807, 2.05) is 48.5 Å². The van der Waals surface area contributed by atoms with Crippen LogP contribution in [0.1, 0.15) is 50.5 Å². The van der Waals surface area contributed by atoms with Gasteiger partial charge in [0.2, 0.25) is 5.91 Å². The van der Waals surface area contributed by atoms with Crippen LogP contribution in [0.25, 0.3) is 0 Å². The van der Waals surface area contributed by atoms with E-state index < -0.39 is 5.41 Å². The minimum absolute atomic E-state index is 0.0346. The molecular weight excluding hydrogens is 396 g/mol. The van der Waals surface area contributed by atoms with Crippen molar-refractivity contribution in [3.63, 3.8) is 0 Å². The summed E-state index contributed by atoms with van der Waals surface area (Å²) in [5.74, 6) is 0.878. The number of nitrogens with one attached hydrogen (secondary N) is 1. The van der Waals surface area contributed by atoms with Crippen LogP contribution in [-0.4, -0.2) is 37.0 Å². The van der Waals surface area contributed by atoms with Crippen molar-refractivity contribution in [2.75, 3.05) is 31.6 Å². The average Bonchev–Trinajstić information content (AvgIpc) is 3.46. The zero-order valence-electron chi connectivity index (χ0n) is 17.5. The number of carbonyl (C=O) groups excluding carboxylic acids is 1. The molecule has 1 saturated heterocycles. The van der Waals surface area contributed by atoms with E-state index in [2.05, 4.69) is 10.2 Å². The lowest BCUT2D eigenvalue weighted by Crippen LogP contribution is -2.38. The Hall–Kier alpha value is -2.04. The first-order valence-electron chi connectivity index (χ1n) is 11.2. The van der Waals surface area contributed by atoms with Crippen LogP contribution < -0.4 is 10.1 Å². The van der Waals surface area contributed by atoms with Crippen molar-refractivity contribution in [1.29, 1.82) is 0 Å². The molecule has 5 heteroatoms. The number of anilines is 1. The van der Waals surface area contributed by atoms with Gasteiger partial charge in [-0.25, -0.2) is 0 Å². The van der Waals surface area contributed by atoms with Crippen molar-refractivity contribution in [2.24, 2.45) is 0 Å². The van der Waals surface area contributed by atoms with Gasteiger partial charge in [-0.3, -0.25) is 4.79 Å². The zero-order chi connectivity index (χ0) is 20.8. The van der Waals surface area contributed by atoms with E-state index in [1.165, 1.54) is 25.9 Å². The molecule has 4 rings (SSSR count). The average molecular weight is 427 g/mol. The Labute approximate surface area is 184 Å². The molecule has 2 aromatic carbocycles. The molecule has 1 amide bonds. The highest BCUT2D eigenvalue weighted by molar-refractivity contribution is 6.31. The Morgan fingerprint density at radius 3 is 2.40 bits per heavy atom. The maximum Gasteiger partial charge on any atom is 0.235 e. The lowest BCUT2D eigenvalue weighted by atomic mass is 9.78. The predicted molar refractivity (Wildman–Crippen MR) is 122 cm³/mol. The van der Waals surface area contributed by atoms with Crippen molar-refractivity contribution < 1.29 is 9.53 Å². The van der Waals surface area contributed by atoms with Crippen LogP contribution in [-0.2, 0) is 10.2 Å². The van der Waals surface area contributed by atoms with E-state index in [-0.39, 0.29) is 5.91 Å². The zero-order valence-corrected chi connectivity index (χ0v) is 18.3. The molecule has 0 bridgehead atoms. The number of likely N-dealkylation sites (tertiary alicyclic amines) is 1. The molecule has 4 nitrogen and oxygen atoms in total. The molecule has 2 aliphatic rings. The summed E-state index contributed by atoms with van der Waals surface area (Å²) in [6.45, 7) is 4.28. The second kappa shape index (κ2) is 9.84. The number of nitrogens with zero attached hydrogens (tertiary/aromatic N) is 1. The minimum atomic E-state index is -0.539. The van der Waals surface area contributed by atoms with Crippen molar-refractivity contribution >= 4 is 23.2 Å². The van der Waals surface area contributed by atoms with Gasteiger partial charge in [-0.05, 0) is 81.1 Å². The van der Waals surface area contributed by atoms with Crippen molar-refractivity contribution in [2.45, 2.75) is 50.4 Å². The van der Waals surface area contributed by atoms with Gasteiger partial charge in [0.05, 0.1) is 12.0 Å². The molecule has 1 aliphatic carbocycles. The third-order valence-electron chi connectivity index (χ3n) is 6.48. The Balaban J connectivity index is 1.34. The molecule has 1 aliphatic heterocycles. The Morgan fingerprint density at radius 2 is 1.70 bits per heavy atom. The van der Waals surface area contributed by atoms with Gasteiger partial charge < -0.3 is 15.0 Å². The number of hydrogen-bond donors (Lipinski definition) is 1. The summed E-state index contributed by atoms with van der Waals surface area (Å²) in [4.78, 5) is 15.8. The Morgan fingerprint density at radius 1 is 1.00 bits per heavy atom. The van der Waals surface area contributed by atoms with Gasteiger partial charge in [0, 0.05) is 17.3 Å². The third-order valence-corrected chi connectivity index (χ3v) is 6.81. The van der Waals surface area contributed by atoms with Gasteiger partial charge in [0.15, 0.2) is 0 Å². The van der Waals surface area contributed by atoms with Gasteiger partial charge in [0.1, 0.15) is 5.75 Å². The lowest BCUT2D eigenvalue weighted by Gasteiger charge is -2.29. The van der Waals surface area contributed by atoms with Crippen LogP contribution in [0.5, 0.6) is 5.75 Å². The summed E-state index contributed by atoms with van der Waals surface area (Å²) in [6.07, 6.45) is 7.45. The molecule has 1 saturated carbocycles. The Kier molecular flexibility index (Phi) is 6.96. The van der Waals surface area contributed by atoms with E-state index in [0.29, 0.717) is 5.02 Å². The molecule has 1 heterocycles.